The molecule has 0 radical (unpaired) electrons. The van der Waals surface area contributed by atoms with E-state index in [0.29, 0.717) is 0 Å². The summed E-state index contributed by atoms with van der Waals surface area (Å²) in [7, 11) is 0. The number of benzene rings is 2. The predicted molar refractivity (Wildman–Crippen MR) is 144 cm³/mol. The normalized spacial score (nSPS) is 13.8. The van der Waals surface area contributed by atoms with E-state index in [1.165, 1.54) is 0 Å². The molecule has 0 aliphatic heterocycles. The molecular formula is C26H33N5O6S. The van der Waals surface area contributed by atoms with Gasteiger partial charge in [0, 0.05) is 25.0 Å². The lowest BCUT2D eigenvalue weighted by molar-refractivity contribution is -0.141. The Morgan fingerprint density at radius 3 is 1.55 bits per heavy atom. The molecule has 204 valence electrons. The van der Waals surface area contributed by atoms with Gasteiger partial charge in [-0.1, -0.05) is 60.7 Å². The van der Waals surface area contributed by atoms with Crippen LogP contribution in [0.2, 0.25) is 0 Å². The first-order valence-electron chi connectivity index (χ1n) is 12.0. The summed E-state index contributed by atoms with van der Waals surface area (Å²) in [5, 5.41) is 17.0. The highest BCUT2D eigenvalue weighted by Crippen LogP contribution is 2.08. The van der Waals surface area contributed by atoms with E-state index in [1.807, 2.05) is 0 Å². The second kappa shape index (κ2) is 15.4. The topological polar surface area (TPSA) is 194 Å². The molecule has 0 aliphatic carbocycles. The summed E-state index contributed by atoms with van der Waals surface area (Å²) in [6.07, 6.45) is 0.0655. The van der Waals surface area contributed by atoms with Crippen molar-refractivity contribution in [3.05, 3.63) is 71.8 Å². The summed E-state index contributed by atoms with van der Waals surface area (Å²) in [5.41, 5.74) is 12.5. The summed E-state index contributed by atoms with van der Waals surface area (Å²) in [4.78, 5) is 61.7. The van der Waals surface area contributed by atoms with Gasteiger partial charge >= 0.3 is 5.97 Å². The summed E-state index contributed by atoms with van der Waals surface area (Å²) in [6, 6.07) is 13.2. The minimum absolute atomic E-state index is 0.000184. The molecule has 0 aromatic heterocycles. The molecule has 0 spiro atoms. The number of aliphatic carboxylic acids is 1. The molecule has 38 heavy (non-hydrogen) atoms. The Hall–Kier alpha value is -3.90. The number of amides is 4. The third-order valence-electron chi connectivity index (χ3n) is 5.67. The Kier molecular flexibility index (Phi) is 12.3. The van der Waals surface area contributed by atoms with Crippen LogP contribution in [-0.4, -0.2) is 64.6 Å². The lowest BCUT2D eigenvalue weighted by Gasteiger charge is -2.25. The summed E-state index contributed by atoms with van der Waals surface area (Å²) >= 11 is 3.97. The zero-order chi connectivity index (χ0) is 28.1. The van der Waals surface area contributed by atoms with Gasteiger partial charge in [-0.3, -0.25) is 19.2 Å². The van der Waals surface area contributed by atoms with Gasteiger partial charge in [0.15, 0.2) is 0 Å². The van der Waals surface area contributed by atoms with Gasteiger partial charge in [0.2, 0.25) is 23.6 Å². The summed E-state index contributed by atoms with van der Waals surface area (Å²) in [5.74, 6) is -4.07. The van der Waals surface area contributed by atoms with Crippen LogP contribution in [0.4, 0.5) is 0 Å². The lowest BCUT2D eigenvalue weighted by Crippen LogP contribution is -2.58. The van der Waals surface area contributed by atoms with Gasteiger partial charge in [-0.2, -0.15) is 12.6 Å². The van der Waals surface area contributed by atoms with Crippen LogP contribution in [0.3, 0.4) is 0 Å². The Labute approximate surface area is 226 Å². The molecule has 12 heteroatoms. The number of nitrogens with one attached hydrogen (secondary N) is 3. The van der Waals surface area contributed by atoms with E-state index in [9.17, 15) is 29.1 Å². The van der Waals surface area contributed by atoms with Gasteiger partial charge < -0.3 is 32.5 Å². The number of hydrogen-bond acceptors (Lipinski definition) is 7. The van der Waals surface area contributed by atoms with Crippen LogP contribution in [0.15, 0.2) is 60.7 Å². The SMILES string of the molecule is NC(=O)CCC(N)C(=O)NC(Cc1ccccc1)C(=O)NC(Cc1ccccc1)C(=O)NC(CS)C(=O)O. The zero-order valence-electron chi connectivity index (χ0n) is 20.7. The number of carboxylic acids is 1. The second-order valence-electron chi connectivity index (χ2n) is 8.70. The highest BCUT2D eigenvalue weighted by atomic mass is 32.1. The van der Waals surface area contributed by atoms with E-state index in [4.69, 9.17) is 11.5 Å². The van der Waals surface area contributed by atoms with Crippen LogP contribution < -0.4 is 27.4 Å². The lowest BCUT2D eigenvalue weighted by atomic mass is 10.0. The molecule has 0 saturated carbocycles. The number of nitrogens with two attached hydrogens (primary N) is 2. The standard InChI is InChI=1S/C26H33N5O6S/c27-18(11-12-22(28)32)23(33)29-19(13-16-7-3-1-4-8-16)24(34)30-20(14-17-9-5-2-6-10-17)25(35)31-21(15-38)26(36)37/h1-10,18-21,38H,11-15,27H2,(H2,28,32)(H,29,33)(H,30,34)(H,31,35)(H,36,37). The zero-order valence-corrected chi connectivity index (χ0v) is 21.6. The fraction of sp³-hybridized carbons (Fsp3) is 0.346. The van der Waals surface area contributed by atoms with Crippen molar-refractivity contribution in [2.45, 2.75) is 49.9 Å². The summed E-state index contributed by atoms with van der Waals surface area (Å²) < 4.78 is 0. The molecule has 0 heterocycles. The third kappa shape index (κ3) is 10.2. The molecule has 0 bridgehead atoms. The highest BCUT2D eigenvalue weighted by Gasteiger charge is 2.30. The Morgan fingerprint density at radius 2 is 1.16 bits per heavy atom. The van der Waals surface area contributed by atoms with Gasteiger partial charge in [0.25, 0.3) is 0 Å². The minimum Gasteiger partial charge on any atom is -0.480 e. The number of carbonyl (C=O) groups is 5. The van der Waals surface area contributed by atoms with Crippen LogP contribution >= 0.6 is 12.6 Å². The quantitative estimate of drug-likeness (QED) is 0.148. The second-order valence-corrected chi connectivity index (χ2v) is 9.06. The van der Waals surface area contributed by atoms with Crippen LogP contribution in [0.1, 0.15) is 24.0 Å². The van der Waals surface area contributed by atoms with E-state index >= 15 is 0 Å². The van der Waals surface area contributed by atoms with Crippen molar-refractivity contribution in [3.8, 4) is 0 Å². The van der Waals surface area contributed by atoms with E-state index < -0.39 is 53.8 Å². The van der Waals surface area contributed by atoms with Crippen molar-refractivity contribution in [2.24, 2.45) is 11.5 Å². The number of thiol groups is 1. The number of carbonyl (C=O) groups excluding carboxylic acids is 4. The van der Waals surface area contributed by atoms with Crippen molar-refractivity contribution in [3.63, 3.8) is 0 Å². The average Bonchev–Trinajstić information content (AvgIpc) is 2.90. The third-order valence-corrected chi connectivity index (χ3v) is 6.03. The Bertz CT molecular complexity index is 1100. The summed E-state index contributed by atoms with van der Waals surface area (Å²) in [6.45, 7) is 0. The first-order chi connectivity index (χ1) is 18.1. The van der Waals surface area contributed by atoms with Crippen molar-refractivity contribution in [1.29, 1.82) is 0 Å². The van der Waals surface area contributed by atoms with Gasteiger partial charge in [-0.25, -0.2) is 4.79 Å². The number of rotatable bonds is 15. The van der Waals surface area contributed by atoms with Gasteiger partial charge in [-0.05, 0) is 17.5 Å². The van der Waals surface area contributed by atoms with Gasteiger partial charge in [-0.15, -0.1) is 0 Å². The molecule has 4 amide bonds. The van der Waals surface area contributed by atoms with Crippen molar-refractivity contribution in [2.75, 3.05) is 5.75 Å². The molecule has 11 nitrogen and oxygen atoms in total. The van der Waals surface area contributed by atoms with E-state index in [1.54, 1.807) is 60.7 Å². The van der Waals surface area contributed by atoms with Gasteiger partial charge in [0.05, 0.1) is 6.04 Å². The van der Waals surface area contributed by atoms with Crippen molar-refractivity contribution < 1.29 is 29.1 Å². The molecular weight excluding hydrogens is 510 g/mol. The molecule has 0 aliphatic rings. The van der Waals surface area contributed by atoms with Gasteiger partial charge in [0.1, 0.15) is 18.1 Å². The van der Waals surface area contributed by atoms with Crippen LogP contribution in [-0.2, 0) is 36.8 Å². The first kappa shape index (κ1) is 30.3. The number of primary amides is 1. The molecule has 2 aromatic carbocycles. The maximum atomic E-state index is 13.4. The fourth-order valence-corrected chi connectivity index (χ4v) is 3.80. The smallest absolute Gasteiger partial charge is 0.327 e. The highest BCUT2D eigenvalue weighted by molar-refractivity contribution is 7.80. The largest absolute Gasteiger partial charge is 0.480 e. The fourth-order valence-electron chi connectivity index (χ4n) is 3.56. The maximum absolute atomic E-state index is 13.4. The molecule has 2 aromatic rings. The molecule has 8 N–H and O–H groups in total. The van der Waals surface area contributed by atoms with Crippen LogP contribution in [0.5, 0.6) is 0 Å². The molecule has 4 atom stereocenters. The minimum atomic E-state index is -1.27. The van der Waals surface area contributed by atoms with Crippen molar-refractivity contribution in [1.82, 2.24) is 16.0 Å². The maximum Gasteiger partial charge on any atom is 0.327 e. The molecule has 4 unspecified atom stereocenters. The molecule has 0 fully saturated rings. The average molecular weight is 544 g/mol. The molecule has 0 saturated heterocycles. The molecule has 2 rings (SSSR count). The predicted octanol–water partition coefficient (Wildman–Crippen LogP) is -0.467. The van der Waals surface area contributed by atoms with Crippen LogP contribution in [0.25, 0.3) is 0 Å². The number of hydrogen-bond donors (Lipinski definition) is 7. The van der Waals surface area contributed by atoms with E-state index in [0.717, 1.165) is 11.1 Å². The number of carboxylic acid groups (broad SMARTS) is 1. The van der Waals surface area contributed by atoms with E-state index in [2.05, 4.69) is 28.6 Å². The first-order valence-corrected chi connectivity index (χ1v) is 12.6. The Balaban J connectivity index is 2.26. The monoisotopic (exact) mass is 543 g/mol. The van der Waals surface area contributed by atoms with E-state index in [-0.39, 0.29) is 31.4 Å². The van der Waals surface area contributed by atoms with Crippen LogP contribution in [0, 0.1) is 0 Å². The van der Waals surface area contributed by atoms with Crippen molar-refractivity contribution >= 4 is 42.2 Å². The Morgan fingerprint density at radius 1 is 0.737 bits per heavy atom.